The van der Waals surface area contributed by atoms with Crippen LogP contribution in [0.1, 0.15) is 21.6 Å². The number of methoxy groups -OCH3 is 1. The zero-order valence-electron chi connectivity index (χ0n) is 19.1. The maximum Gasteiger partial charge on any atom is 0.357 e. The molecule has 2 aromatic carbocycles. The molecule has 0 spiro atoms. The Balaban J connectivity index is 1.47. The molecule has 1 aliphatic rings. The monoisotopic (exact) mass is 489 g/mol. The molecule has 9 heteroatoms. The van der Waals surface area contributed by atoms with E-state index in [1.54, 1.807) is 18.2 Å². The molecule has 0 radical (unpaired) electrons. The van der Waals surface area contributed by atoms with Crippen molar-refractivity contribution < 1.29 is 14.3 Å². The zero-order chi connectivity index (χ0) is 24.9. The van der Waals surface area contributed by atoms with Crippen LogP contribution >= 0.6 is 11.6 Å². The zero-order valence-corrected chi connectivity index (χ0v) is 19.9. The molecule has 1 aromatic heterocycles. The van der Waals surface area contributed by atoms with E-state index in [0.29, 0.717) is 36.9 Å². The third-order valence-electron chi connectivity index (χ3n) is 5.90. The highest BCUT2D eigenvalue weighted by atomic mass is 35.5. The smallest absolute Gasteiger partial charge is 0.357 e. The van der Waals surface area contributed by atoms with Crippen LogP contribution in [0.15, 0.2) is 60.8 Å². The quantitative estimate of drug-likeness (QED) is 0.432. The number of piperazine rings is 1. The number of esters is 1. The van der Waals surface area contributed by atoms with E-state index in [4.69, 9.17) is 22.1 Å². The average molecular weight is 490 g/mol. The van der Waals surface area contributed by atoms with Gasteiger partial charge >= 0.3 is 5.97 Å². The Hall–Kier alpha value is -4.22. The molecule has 0 aliphatic carbocycles. The number of hydrogen-bond acceptors (Lipinski definition) is 6. The van der Waals surface area contributed by atoms with Crippen LogP contribution in [0.2, 0.25) is 5.02 Å². The van der Waals surface area contributed by atoms with E-state index >= 15 is 0 Å². The second-order valence-electron chi connectivity index (χ2n) is 7.97. The van der Waals surface area contributed by atoms with E-state index < -0.39 is 5.97 Å². The first-order valence-corrected chi connectivity index (χ1v) is 11.4. The minimum Gasteiger partial charge on any atom is -0.464 e. The van der Waals surface area contributed by atoms with Crippen molar-refractivity contribution in [1.29, 1.82) is 5.26 Å². The summed E-state index contributed by atoms with van der Waals surface area (Å²) < 4.78 is 6.34. The number of anilines is 2. The average Bonchev–Trinajstić information content (AvgIpc) is 3.23. The lowest BCUT2D eigenvalue weighted by Crippen LogP contribution is -2.48. The second kappa shape index (κ2) is 10.4. The van der Waals surface area contributed by atoms with Crippen molar-refractivity contribution >= 4 is 40.9 Å². The van der Waals surface area contributed by atoms with Crippen LogP contribution in [0.25, 0.3) is 11.8 Å². The first kappa shape index (κ1) is 23.9. The summed E-state index contributed by atoms with van der Waals surface area (Å²) >= 11 is 6.62. The van der Waals surface area contributed by atoms with Crippen molar-refractivity contribution in [3.8, 4) is 11.8 Å². The molecule has 0 atom stereocenters. The predicted octanol–water partition coefficient (Wildman–Crippen LogP) is 3.73. The topological polar surface area (TPSA) is 105 Å². The number of hydrogen-bond donors (Lipinski definition) is 1. The van der Waals surface area contributed by atoms with Crippen molar-refractivity contribution in [2.45, 2.75) is 0 Å². The molecule has 1 amide bonds. The molecule has 4 rings (SSSR count). The highest BCUT2D eigenvalue weighted by Crippen LogP contribution is 2.32. The van der Waals surface area contributed by atoms with Crippen LogP contribution in [0.3, 0.4) is 0 Å². The van der Waals surface area contributed by atoms with Crippen LogP contribution in [-0.4, -0.2) is 54.6 Å². The van der Waals surface area contributed by atoms with Crippen molar-refractivity contribution in [2.24, 2.45) is 0 Å². The van der Waals surface area contributed by atoms with Gasteiger partial charge in [0.25, 0.3) is 0 Å². The summed E-state index contributed by atoms with van der Waals surface area (Å²) in [5.41, 5.74) is 8.66. The Bertz CT molecular complexity index is 1320. The molecule has 8 nitrogen and oxygen atoms in total. The van der Waals surface area contributed by atoms with Crippen molar-refractivity contribution in [3.05, 3.63) is 82.6 Å². The molecule has 1 aliphatic heterocycles. The molecule has 35 heavy (non-hydrogen) atoms. The van der Waals surface area contributed by atoms with E-state index in [-0.39, 0.29) is 22.9 Å². The fraction of sp³-hybridized carbons (Fsp3) is 0.192. The summed E-state index contributed by atoms with van der Waals surface area (Å²) in [4.78, 5) is 28.8. The Kier molecular flexibility index (Phi) is 7.09. The lowest BCUT2D eigenvalue weighted by molar-refractivity contribution is -0.126. The van der Waals surface area contributed by atoms with E-state index in [1.165, 1.54) is 17.9 Å². The van der Waals surface area contributed by atoms with E-state index in [1.807, 2.05) is 53.4 Å². The van der Waals surface area contributed by atoms with Crippen molar-refractivity contribution in [3.63, 3.8) is 0 Å². The number of amides is 1. The third kappa shape index (κ3) is 5.00. The number of nitrogen functional groups attached to an aromatic ring is 1. The Morgan fingerprint density at radius 3 is 2.46 bits per heavy atom. The van der Waals surface area contributed by atoms with E-state index in [9.17, 15) is 14.9 Å². The number of rotatable bonds is 5. The number of nitrogens with two attached hydrogens (primary N) is 1. The van der Waals surface area contributed by atoms with E-state index in [0.717, 1.165) is 11.3 Å². The number of ether oxygens (including phenoxy) is 1. The van der Waals surface area contributed by atoms with Gasteiger partial charge < -0.3 is 24.8 Å². The van der Waals surface area contributed by atoms with Gasteiger partial charge in [-0.3, -0.25) is 4.79 Å². The Morgan fingerprint density at radius 2 is 1.83 bits per heavy atom. The number of nitrogens with zero attached hydrogens (tertiary/aromatic N) is 4. The Morgan fingerprint density at radius 1 is 1.11 bits per heavy atom. The summed E-state index contributed by atoms with van der Waals surface area (Å²) in [6, 6.07) is 17.0. The van der Waals surface area contributed by atoms with Crippen LogP contribution in [0.4, 0.5) is 11.4 Å². The minimum absolute atomic E-state index is 0.0243. The van der Waals surface area contributed by atoms with Crippen LogP contribution in [-0.2, 0) is 9.53 Å². The van der Waals surface area contributed by atoms with Gasteiger partial charge in [0.1, 0.15) is 6.07 Å². The highest BCUT2D eigenvalue weighted by molar-refractivity contribution is 6.33. The van der Waals surface area contributed by atoms with Crippen molar-refractivity contribution in [2.75, 3.05) is 43.9 Å². The lowest BCUT2D eigenvalue weighted by atomic mass is 10.2. The third-order valence-corrected chi connectivity index (χ3v) is 6.21. The second-order valence-corrected chi connectivity index (χ2v) is 8.38. The molecule has 2 N–H and O–H groups in total. The number of benzene rings is 2. The molecule has 2 heterocycles. The van der Waals surface area contributed by atoms with Crippen molar-refractivity contribution in [1.82, 2.24) is 9.47 Å². The standard InChI is InChI=1S/C26H24ClN5O3/c1-35-26(34)25-24(29)19(16-28)17-32(25)20-8-9-22(21(27)15-20)30-11-13-31(14-12-30)23(33)10-7-18-5-3-2-4-6-18/h2-10,15,17H,11-14,29H2,1H3. The van der Waals surface area contributed by atoms with Gasteiger partial charge in [0.15, 0.2) is 5.69 Å². The van der Waals surface area contributed by atoms with Gasteiger partial charge in [-0.25, -0.2) is 4.79 Å². The van der Waals surface area contributed by atoms with Gasteiger partial charge in [-0.15, -0.1) is 0 Å². The van der Waals surface area contributed by atoms with Gasteiger partial charge in [0, 0.05) is 44.1 Å². The number of nitriles is 1. The van der Waals surface area contributed by atoms with Gasteiger partial charge in [-0.1, -0.05) is 41.9 Å². The molecule has 0 saturated carbocycles. The highest BCUT2D eigenvalue weighted by Gasteiger charge is 2.24. The largest absolute Gasteiger partial charge is 0.464 e. The molecule has 0 bridgehead atoms. The number of aromatic nitrogens is 1. The molecule has 0 unspecified atom stereocenters. The SMILES string of the molecule is COC(=O)c1c(N)c(C#N)cn1-c1ccc(N2CCN(C(=O)C=Cc3ccccc3)CC2)c(Cl)c1. The van der Waals surface area contributed by atoms with Crippen LogP contribution < -0.4 is 10.6 Å². The summed E-state index contributed by atoms with van der Waals surface area (Å²) in [7, 11) is 1.25. The lowest BCUT2D eigenvalue weighted by Gasteiger charge is -2.36. The molecule has 1 saturated heterocycles. The van der Waals surface area contributed by atoms with Gasteiger partial charge in [0.05, 0.1) is 29.1 Å². The fourth-order valence-corrected chi connectivity index (χ4v) is 4.32. The molecule has 3 aromatic rings. The molecular weight excluding hydrogens is 466 g/mol. The maximum atomic E-state index is 12.6. The fourth-order valence-electron chi connectivity index (χ4n) is 4.03. The van der Waals surface area contributed by atoms with Gasteiger partial charge in [-0.05, 0) is 29.8 Å². The summed E-state index contributed by atoms with van der Waals surface area (Å²) in [6.07, 6.45) is 4.91. The number of halogens is 1. The van der Waals surface area contributed by atoms with Crippen LogP contribution in [0, 0.1) is 11.3 Å². The number of carbonyl (C=O) groups excluding carboxylic acids is 2. The normalized spacial score (nSPS) is 13.6. The summed E-state index contributed by atoms with van der Waals surface area (Å²) in [5.74, 6) is -0.671. The van der Waals surface area contributed by atoms with E-state index in [2.05, 4.69) is 4.90 Å². The van der Waals surface area contributed by atoms with Gasteiger partial charge in [-0.2, -0.15) is 5.26 Å². The molecular formula is C26H24ClN5O3. The maximum absolute atomic E-state index is 12.6. The van der Waals surface area contributed by atoms with Gasteiger partial charge in [0.2, 0.25) is 5.91 Å². The first-order valence-electron chi connectivity index (χ1n) is 11.0. The van der Waals surface area contributed by atoms with Crippen LogP contribution in [0.5, 0.6) is 0 Å². The summed E-state index contributed by atoms with van der Waals surface area (Å²) in [6.45, 7) is 2.41. The summed E-state index contributed by atoms with van der Waals surface area (Å²) in [5, 5.41) is 9.80. The predicted molar refractivity (Wildman–Crippen MR) is 136 cm³/mol. The molecule has 178 valence electrons. The minimum atomic E-state index is -0.647. The molecule has 1 fully saturated rings. The Labute approximate surface area is 208 Å². The first-order chi connectivity index (χ1) is 16.9. The number of carbonyl (C=O) groups is 2.